The van der Waals surface area contributed by atoms with E-state index < -0.39 is 9.84 Å². The van der Waals surface area contributed by atoms with Crippen molar-refractivity contribution >= 4 is 162 Å². The predicted octanol–water partition coefficient (Wildman–Crippen LogP) is 24.0. The van der Waals surface area contributed by atoms with Gasteiger partial charge in [0, 0.05) is 82.3 Å². The highest BCUT2D eigenvalue weighted by Gasteiger charge is 2.33. The van der Waals surface area contributed by atoms with Gasteiger partial charge in [-0.3, -0.25) is 4.98 Å². The van der Waals surface area contributed by atoms with Gasteiger partial charge in [0.25, 0.3) is 0 Å². The Morgan fingerprint density at radius 2 is 0.538 bits per heavy atom. The molecular weight excluding hydrogens is 1320 g/mol. The third-order valence-electron chi connectivity index (χ3n) is 22.2. The second-order valence-electron chi connectivity index (χ2n) is 27.8. The highest BCUT2D eigenvalue weighted by Crippen LogP contribution is 2.49. The first kappa shape index (κ1) is 58.6. The van der Waals surface area contributed by atoms with Crippen LogP contribution in [0.25, 0.3) is 187 Å². The number of hydrogen-bond acceptors (Lipinski definition) is 4. The van der Waals surface area contributed by atoms with Gasteiger partial charge in [0.1, 0.15) is 21.3 Å². The van der Waals surface area contributed by atoms with Crippen molar-refractivity contribution in [2.75, 3.05) is 0 Å². The standard InChI is InChI=1S/C95H57N7O3S/c103-106(104)93-42-22-21-41-91(93)105-92-55-78-74(56-94(92)106)73-54-90-89(97(58-23-3-1-4-24-58)87-39-19-20-40-88(87)98(90)59-25-5-2-6-26-59)53-72(73)64-46-43-60(101-83-37-17-11-31-69(83)75-50-61(44-47-85(75)101)99-79-33-13-7-27-65(79)66-28-8-14-34-80(66)99)49-71(64)77-52-63(57-96-95(77)78)102-84-38-18-12-32-70(84)76-51-62(45-48-86(76)102)100-81-35-15-9-29-67(81)68-30-10-16-36-82(68)100/h1-57H. The molecule has 0 N–H and O–H groups in total. The van der Waals surface area contributed by atoms with Crippen LogP contribution in [0, 0.1) is 0 Å². The smallest absolute Gasteiger partial charge is 0.213 e. The van der Waals surface area contributed by atoms with E-state index >= 15 is 8.42 Å². The van der Waals surface area contributed by atoms with Crippen molar-refractivity contribution in [3.8, 4) is 45.6 Å². The van der Waals surface area contributed by atoms with Gasteiger partial charge in [0.05, 0.1) is 83.6 Å². The number of rotatable bonds is 6. The molecule has 106 heavy (non-hydrogen) atoms. The van der Waals surface area contributed by atoms with Crippen LogP contribution in [0.5, 0.6) is 11.5 Å². The lowest BCUT2D eigenvalue weighted by molar-refractivity contribution is 0.444. The number of para-hydroxylation sites is 11. The summed E-state index contributed by atoms with van der Waals surface area (Å²) in [5.74, 6) is 0.499. The van der Waals surface area contributed by atoms with Gasteiger partial charge in [-0.1, -0.05) is 176 Å². The van der Waals surface area contributed by atoms with E-state index in [1.54, 1.807) is 18.2 Å². The molecule has 0 amide bonds. The number of sulfone groups is 1. The van der Waals surface area contributed by atoms with Crippen LogP contribution in [0.15, 0.2) is 356 Å². The molecule has 1 aliphatic rings. The van der Waals surface area contributed by atoms with E-state index in [4.69, 9.17) is 9.72 Å². The van der Waals surface area contributed by atoms with Crippen molar-refractivity contribution < 1.29 is 13.2 Å². The summed E-state index contributed by atoms with van der Waals surface area (Å²) in [6.07, 6.45) is 1.99. The van der Waals surface area contributed by atoms with Gasteiger partial charge in [-0.2, -0.15) is 0 Å². The summed E-state index contributed by atoms with van der Waals surface area (Å²) < 4.78 is 52.1. The molecule has 496 valence electrons. The van der Waals surface area contributed by atoms with Gasteiger partial charge in [-0.05, 0) is 191 Å². The predicted molar refractivity (Wildman–Crippen MR) is 435 cm³/mol. The second kappa shape index (κ2) is 22.0. The fraction of sp³-hybridized carbons (Fsp3) is 0. The van der Waals surface area contributed by atoms with Crippen LogP contribution in [-0.4, -0.2) is 40.8 Å². The molecule has 0 saturated heterocycles. The molecule has 22 aromatic rings. The minimum atomic E-state index is -4.14. The van der Waals surface area contributed by atoms with Crippen molar-refractivity contribution in [3.63, 3.8) is 0 Å². The Kier molecular flexibility index (Phi) is 12.2. The van der Waals surface area contributed by atoms with Crippen molar-refractivity contribution in [1.82, 2.24) is 32.4 Å². The molecule has 10 nitrogen and oxygen atoms in total. The molecule has 0 atom stereocenters. The van der Waals surface area contributed by atoms with Crippen LogP contribution < -0.4 is 4.74 Å². The topological polar surface area (TPSA) is 85.8 Å². The molecular formula is C95H57N7O3S. The number of ether oxygens (including phenoxy) is 1. The van der Waals surface area contributed by atoms with Crippen LogP contribution in [0.4, 0.5) is 0 Å². The number of aromatic nitrogens is 7. The average Bonchev–Trinajstić information content (AvgIpc) is 0.905. The van der Waals surface area contributed by atoms with Gasteiger partial charge < -0.3 is 32.1 Å². The molecule has 23 rings (SSSR count). The van der Waals surface area contributed by atoms with Gasteiger partial charge in [-0.25, -0.2) is 8.42 Å². The second-order valence-corrected chi connectivity index (χ2v) is 29.7. The van der Waals surface area contributed by atoms with Gasteiger partial charge in [0.2, 0.25) is 9.84 Å². The third kappa shape index (κ3) is 8.25. The Labute approximate surface area is 605 Å². The summed E-state index contributed by atoms with van der Waals surface area (Å²) in [6.45, 7) is 0. The zero-order valence-corrected chi connectivity index (χ0v) is 57.5. The minimum absolute atomic E-state index is 0.0809. The Hall–Kier alpha value is -14.0. The first-order chi connectivity index (χ1) is 52.4. The van der Waals surface area contributed by atoms with E-state index in [2.05, 4.69) is 325 Å². The van der Waals surface area contributed by atoms with Crippen LogP contribution in [-0.2, 0) is 9.84 Å². The lowest BCUT2D eigenvalue weighted by atomic mass is 9.94. The van der Waals surface area contributed by atoms with E-state index in [0.29, 0.717) is 16.3 Å². The molecule has 1 aliphatic heterocycles. The first-order valence-electron chi connectivity index (χ1n) is 35.7. The molecule has 0 aliphatic carbocycles. The number of benzene rings is 15. The van der Waals surface area contributed by atoms with Crippen molar-refractivity contribution in [3.05, 3.63) is 346 Å². The van der Waals surface area contributed by atoms with Crippen LogP contribution in [0.1, 0.15) is 0 Å². The lowest BCUT2D eigenvalue weighted by Crippen LogP contribution is -2.11. The molecule has 16 aromatic carbocycles. The third-order valence-corrected chi connectivity index (χ3v) is 24.0. The van der Waals surface area contributed by atoms with Crippen molar-refractivity contribution in [1.29, 1.82) is 0 Å². The number of pyridine rings is 1. The maximum Gasteiger partial charge on any atom is 0.213 e. The SMILES string of the molecule is O=S1(=O)c2ccccc2Oc2cc3c(cc21)c1cc2c(cc1c1ccc(-n4c5ccccc5c5cc(-n6c7ccccc7c7ccccc76)ccc54)cc1c1cc(-n4c5ccccc5c5cc(-n6c7ccccc7c7ccccc76)ccc54)cnc13)n(-c1ccccc1)c1ccccc1n2-c1ccccc1. The van der Waals surface area contributed by atoms with Crippen molar-refractivity contribution in [2.24, 2.45) is 0 Å². The normalized spacial score (nSPS) is 12.9. The highest BCUT2D eigenvalue weighted by molar-refractivity contribution is 7.91. The Bertz CT molecular complexity index is 7720. The summed E-state index contributed by atoms with van der Waals surface area (Å²) >= 11 is 0. The molecule has 0 fully saturated rings. The monoisotopic (exact) mass is 1380 g/mol. The summed E-state index contributed by atoms with van der Waals surface area (Å²) in [5, 5.41) is 15.1. The zero-order valence-electron chi connectivity index (χ0n) is 56.7. The molecule has 7 heterocycles. The summed E-state index contributed by atoms with van der Waals surface area (Å²) in [4.78, 5) is 6.00. The van der Waals surface area contributed by atoms with Crippen molar-refractivity contribution in [2.45, 2.75) is 9.79 Å². The summed E-state index contributed by atoms with van der Waals surface area (Å²) in [5.41, 5.74) is 19.1. The van der Waals surface area contributed by atoms with Gasteiger partial charge in [-0.15, -0.1) is 0 Å². The molecule has 0 bridgehead atoms. The largest absolute Gasteiger partial charge is 0.455 e. The summed E-state index contributed by atoms with van der Waals surface area (Å²) in [7, 11) is -4.14. The number of fused-ring (bicyclic) bond motifs is 24. The van der Waals surface area contributed by atoms with E-state index in [1.807, 2.05) is 30.5 Å². The number of nitrogens with zero attached hydrogens (tertiary/aromatic N) is 7. The maximum absolute atomic E-state index is 15.5. The molecule has 6 aromatic heterocycles. The molecule has 11 heteroatoms. The molecule has 0 unspecified atom stereocenters. The maximum atomic E-state index is 15.5. The fourth-order valence-corrected chi connectivity index (χ4v) is 19.2. The fourth-order valence-electron chi connectivity index (χ4n) is 17.7. The number of hydrogen-bond donors (Lipinski definition) is 0. The van der Waals surface area contributed by atoms with E-state index in [-0.39, 0.29) is 21.3 Å². The molecule has 0 radical (unpaired) electrons. The molecule has 0 spiro atoms. The summed E-state index contributed by atoms with van der Waals surface area (Å²) in [6, 6.07) is 120. The minimum Gasteiger partial charge on any atom is -0.455 e. The van der Waals surface area contributed by atoms with E-state index in [0.717, 1.165) is 149 Å². The first-order valence-corrected chi connectivity index (χ1v) is 37.2. The Morgan fingerprint density at radius 3 is 1.02 bits per heavy atom. The van der Waals surface area contributed by atoms with Crippen LogP contribution in [0.3, 0.4) is 0 Å². The van der Waals surface area contributed by atoms with E-state index in [9.17, 15) is 0 Å². The quantitative estimate of drug-likeness (QED) is 0.155. The lowest BCUT2D eigenvalue weighted by Gasteiger charge is -2.24. The van der Waals surface area contributed by atoms with Crippen LogP contribution in [0.2, 0.25) is 0 Å². The molecule has 0 saturated carbocycles. The van der Waals surface area contributed by atoms with Crippen LogP contribution >= 0.6 is 0 Å². The van der Waals surface area contributed by atoms with Gasteiger partial charge in [0.15, 0.2) is 0 Å². The zero-order chi connectivity index (χ0) is 69.6. The average molecular weight is 1380 g/mol. The van der Waals surface area contributed by atoms with Gasteiger partial charge >= 0.3 is 0 Å². The Balaban J connectivity index is 0.877. The Morgan fingerprint density at radius 1 is 0.208 bits per heavy atom. The van der Waals surface area contributed by atoms with E-state index in [1.165, 1.54) is 21.5 Å². The highest BCUT2D eigenvalue weighted by atomic mass is 32.2.